The Labute approximate surface area is 141 Å². The highest BCUT2D eigenvalue weighted by Gasteiger charge is 2.04. The first-order valence-electron chi connectivity index (χ1n) is 6.70. The zero-order chi connectivity index (χ0) is 15.2. The van der Waals surface area contributed by atoms with Crippen LogP contribution in [0, 0.1) is 13.8 Å². The molecule has 0 spiro atoms. The average Bonchev–Trinajstić information content (AvgIpc) is 3.00. The van der Waals surface area contributed by atoms with Gasteiger partial charge in [0, 0.05) is 29.8 Å². The molecule has 0 saturated carbocycles. The van der Waals surface area contributed by atoms with Gasteiger partial charge in [0.05, 0.1) is 21.0 Å². The molecule has 2 heterocycles. The van der Waals surface area contributed by atoms with Crippen LogP contribution in [0.4, 0.5) is 0 Å². The van der Waals surface area contributed by atoms with Crippen molar-refractivity contribution in [1.82, 2.24) is 15.6 Å². The maximum Gasteiger partial charge on any atom is 0.191 e. The van der Waals surface area contributed by atoms with E-state index in [1.807, 2.05) is 0 Å². The average molecular weight is 387 g/mol. The van der Waals surface area contributed by atoms with Gasteiger partial charge in [-0.25, -0.2) is 4.98 Å². The number of thiophene rings is 1. The summed E-state index contributed by atoms with van der Waals surface area (Å²) in [6, 6.07) is 4.17. The molecule has 4 nitrogen and oxygen atoms in total. The minimum absolute atomic E-state index is 0.783. The summed E-state index contributed by atoms with van der Waals surface area (Å²) in [7, 11) is 1.79. The Balaban J connectivity index is 1.75. The minimum atomic E-state index is 0.783. The van der Waals surface area contributed by atoms with Gasteiger partial charge in [-0.3, -0.25) is 4.99 Å². The first-order chi connectivity index (χ1) is 10.1. The summed E-state index contributed by atoms with van der Waals surface area (Å²) in [5, 5.41) is 7.81. The van der Waals surface area contributed by atoms with E-state index in [1.54, 1.807) is 29.7 Å². The maximum atomic E-state index is 4.54. The van der Waals surface area contributed by atoms with Gasteiger partial charge in [-0.05, 0) is 41.9 Å². The van der Waals surface area contributed by atoms with Gasteiger partial charge in [0.25, 0.3) is 0 Å². The minimum Gasteiger partial charge on any atom is -0.356 e. The van der Waals surface area contributed by atoms with Gasteiger partial charge < -0.3 is 10.6 Å². The Morgan fingerprint density at radius 1 is 1.29 bits per heavy atom. The first kappa shape index (κ1) is 16.5. The highest BCUT2D eigenvalue weighted by molar-refractivity contribution is 9.11. The predicted octanol–water partition coefficient (Wildman–Crippen LogP) is 3.49. The summed E-state index contributed by atoms with van der Waals surface area (Å²) in [5.41, 5.74) is 1.14. The molecule has 0 unspecified atom stereocenters. The second-order valence-electron chi connectivity index (χ2n) is 4.56. The number of hydrogen-bond acceptors (Lipinski definition) is 4. The molecule has 0 amide bonds. The van der Waals surface area contributed by atoms with Crippen molar-refractivity contribution in [3.8, 4) is 0 Å². The van der Waals surface area contributed by atoms with Crippen molar-refractivity contribution in [3.05, 3.63) is 36.4 Å². The molecule has 0 radical (unpaired) electrons. The number of aryl methyl sites for hydroxylation is 2. The molecule has 0 bridgehead atoms. The highest BCUT2D eigenvalue weighted by atomic mass is 79.9. The Kier molecular flexibility index (Phi) is 6.20. The van der Waals surface area contributed by atoms with Crippen LogP contribution in [0.1, 0.15) is 20.5 Å². The second kappa shape index (κ2) is 7.91. The third-order valence-corrected chi connectivity index (χ3v) is 5.74. The van der Waals surface area contributed by atoms with E-state index in [-0.39, 0.29) is 0 Å². The number of thiazole rings is 1. The number of aromatic nitrogens is 1. The van der Waals surface area contributed by atoms with Crippen molar-refractivity contribution in [3.63, 3.8) is 0 Å². The predicted molar refractivity (Wildman–Crippen MR) is 95.5 cm³/mol. The molecule has 0 saturated heterocycles. The zero-order valence-electron chi connectivity index (χ0n) is 12.4. The quantitative estimate of drug-likeness (QED) is 0.610. The number of nitrogens with zero attached hydrogens (tertiary/aromatic N) is 2. The molecule has 0 fully saturated rings. The van der Waals surface area contributed by atoms with E-state index in [9.17, 15) is 0 Å². The molecule has 0 atom stereocenters. The Bertz CT molecular complexity index is 599. The SMILES string of the molecule is CN=C(NCCc1nc(C)c(C)s1)NCc1ccc(Br)s1. The van der Waals surface area contributed by atoms with Crippen LogP contribution in [0.25, 0.3) is 0 Å². The summed E-state index contributed by atoms with van der Waals surface area (Å²) in [5.74, 6) is 0.824. The van der Waals surface area contributed by atoms with Gasteiger partial charge in [0.15, 0.2) is 5.96 Å². The highest BCUT2D eigenvalue weighted by Crippen LogP contribution is 2.21. The van der Waals surface area contributed by atoms with Gasteiger partial charge in [-0.2, -0.15) is 0 Å². The summed E-state index contributed by atoms with van der Waals surface area (Å²) in [6.45, 7) is 5.79. The molecule has 0 aromatic carbocycles. The molecule has 0 aliphatic rings. The molecule has 2 rings (SSSR count). The number of aliphatic imine (C=N–C) groups is 1. The van der Waals surface area contributed by atoms with Crippen molar-refractivity contribution < 1.29 is 0 Å². The monoisotopic (exact) mass is 386 g/mol. The van der Waals surface area contributed by atoms with E-state index in [0.29, 0.717) is 0 Å². The van der Waals surface area contributed by atoms with Crippen LogP contribution in [0.15, 0.2) is 20.9 Å². The van der Waals surface area contributed by atoms with Crippen molar-refractivity contribution >= 4 is 44.6 Å². The molecule has 0 aliphatic carbocycles. The van der Waals surface area contributed by atoms with Crippen LogP contribution >= 0.6 is 38.6 Å². The van der Waals surface area contributed by atoms with Gasteiger partial charge in [0.1, 0.15) is 0 Å². The van der Waals surface area contributed by atoms with E-state index in [0.717, 1.165) is 35.0 Å². The first-order valence-corrected chi connectivity index (χ1v) is 9.12. The fourth-order valence-electron chi connectivity index (χ4n) is 1.77. The third kappa shape index (κ3) is 5.09. The van der Waals surface area contributed by atoms with Gasteiger partial charge in [-0.1, -0.05) is 0 Å². The topological polar surface area (TPSA) is 49.3 Å². The summed E-state index contributed by atoms with van der Waals surface area (Å²) < 4.78 is 1.15. The fourth-order valence-corrected chi connectivity index (χ4v) is 4.13. The normalized spacial score (nSPS) is 11.7. The Morgan fingerprint density at radius 3 is 2.67 bits per heavy atom. The van der Waals surface area contributed by atoms with Crippen LogP contribution in [0.2, 0.25) is 0 Å². The van der Waals surface area contributed by atoms with Crippen molar-refractivity contribution in [2.75, 3.05) is 13.6 Å². The summed E-state index contributed by atoms with van der Waals surface area (Å²) >= 11 is 6.97. The van der Waals surface area contributed by atoms with Crippen LogP contribution in [0.5, 0.6) is 0 Å². The van der Waals surface area contributed by atoms with E-state index in [2.05, 4.69) is 62.5 Å². The summed E-state index contributed by atoms with van der Waals surface area (Å²) in [4.78, 5) is 11.4. The number of halogens is 1. The van der Waals surface area contributed by atoms with Gasteiger partial charge >= 0.3 is 0 Å². The lowest BCUT2D eigenvalue weighted by Crippen LogP contribution is -2.37. The molecule has 2 aromatic rings. The molecule has 2 aromatic heterocycles. The lowest BCUT2D eigenvalue weighted by Gasteiger charge is -2.10. The van der Waals surface area contributed by atoms with Crippen LogP contribution in [-0.4, -0.2) is 24.5 Å². The van der Waals surface area contributed by atoms with E-state index in [1.165, 1.54) is 14.8 Å². The second-order valence-corrected chi connectivity index (χ2v) is 8.39. The maximum absolute atomic E-state index is 4.54. The lowest BCUT2D eigenvalue weighted by molar-refractivity contribution is 0.795. The molecule has 0 aliphatic heterocycles. The van der Waals surface area contributed by atoms with E-state index in [4.69, 9.17) is 0 Å². The molecular formula is C14H19BrN4S2. The van der Waals surface area contributed by atoms with Crippen LogP contribution < -0.4 is 10.6 Å². The Hall–Kier alpha value is -0.920. The third-order valence-electron chi connectivity index (χ3n) is 2.99. The number of rotatable bonds is 5. The van der Waals surface area contributed by atoms with Gasteiger partial charge in [-0.15, -0.1) is 22.7 Å². The number of hydrogen-bond donors (Lipinski definition) is 2. The molecule has 114 valence electrons. The Morgan fingerprint density at radius 2 is 2.10 bits per heavy atom. The van der Waals surface area contributed by atoms with E-state index < -0.39 is 0 Å². The largest absolute Gasteiger partial charge is 0.356 e. The smallest absolute Gasteiger partial charge is 0.191 e. The van der Waals surface area contributed by atoms with Crippen molar-refractivity contribution in [2.24, 2.45) is 4.99 Å². The van der Waals surface area contributed by atoms with Crippen LogP contribution in [-0.2, 0) is 13.0 Å². The van der Waals surface area contributed by atoms with E-state index >= 15 is 0 Å². The zero-order valence-corrected chi connectivity index (χ0v) is 15.6. The summed E-state index contributed by atoms with van der Waals surface area (Å²) in [6.07, 6.45) is 0.921. The number of nitrogens with one attached hydrogen (secondary N) is 2. The molecule has 7 heteroatoms. The van der Waals surface area contributed by atoms with Crippen LogP contribution in [0.3, 0.4) is 0 Å². The molecule has 21 heavy (non-hydrogen) atoms. The van der Waals surface area contributed by atoms with Gasteiger partial charge in [0.2, 0.25) is 0 Å². The molecule has 2 N–H and O–H groups in total. The number of guanidine groups is 1. The fraction of sp³-hybridized carbons (Fsp3) is 0.429. The molecular weight excluding hydrogens is 368 g/mol. The standard InChI is InChI=1S/C14H19BrN4S2/c1-9-10(2)20-13(19-9)6-7-17-14(16-3)18-8-11-4-5-12(15)21-11/h4-5H,6-8H2,1-3H3,(H2,16,17,18). The van der Waals surface area contributed by atoms with Crippen molar-refractivity contribution in [2.45, 2.75) is 26.8 Å². The lowest BCUT2D eigenvalue weighted by atomic mass is 10.4. The van der Waals surface area contributed by atoms with Crippen molar-refractivity contribution in [1.29, 1.82) is 0 Å².